The van der Waals surface area contributed by atoms with Crippen molar-refractivity contribution in [2.45, 2.75) is 13.0 Å². The van der Waals surface area contributed by atoms with Crippen LogP contribution in [0.5, 0.6) is 5.75 Å². The smallest absolute Gasteiger partial charge is 0.241 e. The van der Waals surface area contributed by atoms with Gasteiger partial charge in [-0.3, -0.25) is 9.48 Å². The number of ether oxygens (including phenoxy) is 1. The fourth-order valence-corrected chi connectivity index (χ4v) is 2.19. The third-order valence-electron chi connectivity index (χ3n) is 3.36. The Morgan fingerprint density at radius 2 is 2.18 bits per heavy atom. The summed E-state index contributed by atoms with van der Waals surface area (Å²) in [4.78, 5) is 12.2. The molecule has 1 heterocycles. The first-order chi connectivity index (χ1) is 10.6. The van der Waals surface area contributed by atoms with Crippen LogP contribution in [-0.4, -0.2) is 35.9 Å². The average molecular weight is 302 g/mol. The minimum Gasteiger partial charge on any atom is -0.491 e. The van der Waals surface area contributed by atoms with Gasteiger partial charge in [0.2, 0.25) is 5.91 Å². The van der Waals surface area contributed by atoms with Gasteiger partial charge in [0.15, 0.2) is 0 Å². The van der Waals surface area contributed by atoms with Gasteiger partial charge in [-0.2, -0.15) is 5.10 Å². The molecule has 0 bridgehead atoms. The highest BCUT2D eigenvalue weighted by molar-refractivity contribution is 5.82. The van der Waals surface area contributed by atoms with E-state index in [9.17, 15) is 4.79 Å². The van der Waals surface area contributed by atoms with Crippen LogP contribution in [0.25, 0.3) is 0 Å². The molecule has 1 aromatic heterocycles. The molecule has 0 fully saturated rings. The molecule has 22 heavy (non-hydrogen) atoms. The first-order valence-electron chi connectivity index (χ1n) is 7.23. The topological polar surface area (TPSA) is 68.2 Å². The summed E-state index contributed by atoms with van der Waals surface area (Å²) < 4.78 is 7.33. The van der Waals surface area contributed by atoms with E-state index in [1.54, 1.807) is 17.9 Å². The van der Waals surface area contributed by atoms with Crippen molar-refractivity contribution in [1.29, 1.82) is 0 Å². The average Bonchev–Trinajstić information content (AvgIpc) is 2.92. The molecule has 2 aromatic rings. The van der Waals surface area contributed by atoms with Crippen molar-refractivity contribution in [1.82, 2.24) is 20.4 Å². The molecule has 6 nitrogen and oxygen atoms in total. The van der Waals surface area contributed by atoms with Crippen LogP contribution in [0.3, 0.4) is 0 Å². The summed E-state index contributed by atoms with van der Waals surface area (Å²) in [6.07, 6.45) is 3.51. The largest absolute Gasteiger partial charge is 0.491 e. The first kappa shape index (κ1) is 16.0. The lowest BCUT2D eigenvalue weighted by atomic mass is 10.1. The molecule has 0 saturated carbocycles. The number of likely N-dealkylation sites (N-methyl/N-ethyl adjacent to an activating group) is 1. The fraction of sp³-hybridized carbons (Fsp3) is 0.375. The highest BCUT2D eigenvalue weighted by Gasteiger charge is 2.19. The predicted octanol–water partition coefficient (Wildman–Crippen LogP) is 1.18. The molecule has 1 unspecified atom stereocenters. The van der Waals surface area contributed by atoms with E-state index < -0.39 is 6.04 Å². The quantitative estimate of drug-likeness (QED) is 0.754. The van der Waals surface area contributed by atoms with Gasteiger partial charge in [-0.1, -0.05) is 18.2 Å². The van der Waals surface area contributed by atoms with Crippen molar-refractivity contribution in [3.63, 3.8) is 0 Å². The molecule has 118 valence electrons. The predicted molar refractivity (Wildman–Crippen MR) is 84.7 cm³/mol. The third kappa shape index (κ3) is 4.08. The number of hydrogen-bond donors (Lipinski definition) is 2. The minimum atomic E-state index is -0.410. The number of hydrogen-bond acceptors (Lipinski definition) is 4. The van der Waals surface area contributed by atoms with E-state index in [1.165, 1.54) is 0 Å². The fourth-order valence-electron chi connectivity index (χ4n) is 2.19. The molecule has 0 spiro atoms. The SMILES string of the molecule is CNC(C(=O)NCCOc1ccccc1C)c1cnn(C)c1. The maximum atomic E-state index is 12.2. The van der Waals surface area contributed by atoms with Gasteiger partial charge in [-0.25, -0.2) is 0 Å². The van der Waals surface area contributed by atoms with Gasteiger partial charge in [-0.05, 0) is 25.6 Å². The van der Waals surface area contributed by atoms with Crippen molar-refractivity contribution >= 4 is 5.91 Å². The number of nitrogens with one attached hydrogen (secondary N) is 2. The van der Waals surface area contributed by atoms with Crippen LogP contribution in [0.2, 0.25) is 0 Å². The molecule has 0 aliphatic rings. The van der Waals surface area contributed by atoms with Crippen LogP contribution in [0.4, 0.5) is 0 Å². The second kappa shape index (κ2) is 7.61. The number of aryl methyl sites for hydroxylation is 2. The normalized spacial score (nSPS) is 12.0. The lowest BCUT2D eigenvalue weighted by Gasteiger charge is -2.15. The monoisotopic (exact) mass is 302 g/mol. The maximum absolute atomic E-state index is 12.2. The second-order valence-corrected chi connectivity index (χ2v) is 5.07. The number of para-hydroxylation sites is 1. The zero-order valence-electron chi connectivity index (χ0n) is 13.2. The van der Waals surface area contributed by atoms with Gasteiger partial charge in [0.25, 0.3) is 0 Å². The third-order valence-corrected chi connectivity index (χ3v) is 3.36. The van der Waals surface area contributed by atoms with Crippen molar-refractivity contribution in [3.05, 3.63) is 47.8 Å². The first-order valence-corrected chi connectivity index (χ1v) is 7.23. The van der Waals surface area contributed by atoms with E-state index in [2.05, 4.69) is 15.7 Å². The number of carbonyl (C=O) groups excluding carboxylic acids is 1. The Morgan fingerprint density at radius 3 is 2.82 bits per heavy atom. The van der Waals surface area contributed by atoms with E-state index in [0.717, 1.165) is 16.9 Å². The molecule has 1 aromatic carbocycles. The highest BCUT2D eigenvalue weighted by Crippen LogP contribution is 2.15. The number of rotatable bonds is 7. The van der Waals surface area contributed by atoms with Crippen molar-refractivity contribution < 1.29 is 9.53 Å². The Morgan fingerprint density at radius 1 is 1.41 bits per heavy atom. The number of nitrogens with zero attached hydrogens (tertiary/aromatic N) is 2. The molecule has 1 amide bonds. The van der Waals surface area contributed by atoms with Gasteiger partial charge >= 0.3 is 0 Å². The standard InChI is InChI=1S/C16H22N4O2/c1-12-6-4-5-7-14(12)22-9-8-18-16(21)15(17-2)13-10-19-20(3)11-13/h4-7,10-11,15,17H,8-9H2,1-3H3,(H,18,21). The molecule has 2 N–H and O–H groups in total. The molecule has 0 saturated heterocycles. The zero-order chi connectivity index (χ0) is 15.9. The van der Waals surface area contributed by atoms with Crippen LogP contribution < -0.4 is 15.4 Å². The summed E-state index contributed by atoms with van der Waals surface area (Å²) in [5.74, 6) is 0.748. The molecule has 6 heteroatoms. The summed E-state index contributed by atoms with van der Waals surface area (Å²) >= 11 is 0. The molecule has 0 radical (unpaired) electrons. The van der Waals surface area contributed by atoms with Crippen molar-refractivity contribution in [2.75, 3.05) is 20.2 Å². The summed E-state index contributed by atoms with van der Waals surface area (Å²) in [5, 5.41) is 9.95. The number of amides is 1. The second-order valence-electron chi connectivity index (χ2n) is 5.07. The Hall–Kier alpha value is -2.34. The summed E-state index contributed by atoms with van der Waals surface area (Å²) in [6.45, 7) is 2.87. The van der Waals surface area contributed by atoms with Crippen LogP contribution in [0.15, 0.2) is 36.7 Å². The zero-order valence-corrected chi connectivity index (χ0v) is 13.2. The van der Waals surface area contributed by atoms with E-state index in [4.69, 9.17) is 4.74 Å². The summed E-state index contributed by atoms with van der Waals surface area (Å²) in [7, 11) is 3.57. The van der Waals surface area contributed by atoms with Gasteiger partial charge in [-0.15, -0.1) is 0 Å². The Labute approximate surface area is 130 Å². The lowest BCUT2D eigenvalue weighted by Crippen LogP contribution is -2.37. The van der Waals surface area contributed by atoms with E-state index in [0.29, 0.717) is 13.2 Å². The minimum absolute atomic E-state index is 0.0936. The summed E-state index contributed by atoms with van der Waals surface area (Å²) in [6, 6.07) is 7.40. The number of carbonyl (C=O) groups is 1. The number of benzene rings is 1. The summed E-state index contributed by atoms with van der Waals surface area (Å²) in [5.41, 5.74) is 1.92. The van der Waals surface area contributed by atoms with E-state index in [-0.39, 0.29) is 5.91 Å². The van der Waals surface area contributed by atoms with Crippen LogP contribution in [0, 0.1) is 6.92 Å². The Balaban J connectivity index is 1.81. The van der Waals surface area contributed by atoms with Gasteiger partial charge in [0.1, 0.15) is 18.4 Å². The van der Waals surface area contributed by atoms with Crippen LogP contribution >= 0.6 is 0 Å². The molecule has 0 aliphatic heterocycles. The Kier molecular flexibility index (Phi) is 5.55. The van der Waals surface area contributed by atoms with E-state index in [1.807, 2.05) is 44.4 Å². The van der Waals surface area contributed by atoms with Gasteiger partial charge < -0.3 is 15.4 Å². The molecule has 2 rings (SSSR count). The lowest BCUT2D eigenvalue weighted by molar-refractivity contribution is -0.123. The molecule has 0 aliphatic carbocycles. The van der Waals surface area contributed by atoms with Crippen molar-refractivity contribution in [2.24, 2.45) is 7.05 Å². The van der Waals surface area contributed by atoms with Crippen molar-refractivity contribution in [3.8, 4) is 5.75 Å². The number of aromatic nitrogens is 2. The highest BCUT2D eigenvalue weighted by atomic mass is 16.5. The molecular formula is C16H22N4O2. The van der Waals surface area contributed by atoms with Crippen LogP contribution in [0.1, 0.15) is 17.2 Å². The molecule has 1 atom stereocenters. The van der Waals surface area contributed by atoms with Gasteiger partial charge in [0, 0.05) is 18.8 Å². The molecular weight excluding hydrogens is 280 g/mol. The maximum Gasteiger partial charge on any atom is 0.241 e. The Bertz CT molecular complexity index is 624. The van der Waals surface area contributed by atoms with Gasteiger partial charge in [0.05, 0.1) is 12.7 Å². The van der Waals surface area contributed by atoms with Crippen LogP contribution in [-0.2, 0) is 11.8 Å². The van der Waals surface area contributed by atoms with E-state index >= 15 is 0 Å².